The number of nitrogens with two attached hydrogens (primary N) is 1. The van der Waals surface area contributed by atoms with Gasteiger partial charge in [-0.15, -0.1) is 0 Å². The van der Waals surface area contributed by atoms with Crippen LogP contribution in [-0.4, -0.2) is 34.0 Å². The van der Waals surface area contributed by atoms with E-state index in [1.54, 1.807) is 32.9 Å². The fourth-order valence-electron chi connectivity index (χ4n) is 1.60. The van der Waals surface area contributed by atoms with Crippen molar-refractivity contribution in [3.05, 3.63) is 28.2 Å². The molecule has 0 fully saturated rings. The Morgan fingerprint density at radius 1 is 1.37 bits per heavy atom. The van der Waals surface area contributed by atoms with Gasteiger partial charge in [0.05, 0.1) is 5.56 Å². The number of rotatable bonds is 3. The maximum atomic E-state index is 12.5. The Bertz CT molecular complexity index is 509. The fraction of sp³-hybridized carbons (Fsp3) is 0.385. The third-order valence-corrected chi connectivity index (χ3v) is 3.26. The molecule has 0 radical (unpaired) electrons. The maximum absolute atomic E-state index is 12.5. The standard InChI is InChI=1S/C13H17BrN2O3/c1-13(2,3)16(7-11(17)18)12(19)9-6-8(15)4-5-10(9)14/h4-6H,7,15H2,1-3H3,(H,17,18). The molecule has 6 heteroatoms. The average molecular weight is 329 g/mol. The van der Waals surface area contributed by atoms with Crippen LogP contribution in [-0.2, 0) is 4.79 Å². The molecule has 0 saturated carbocycles. The third-order valence-electron chi connectivity index (χ3n) is 2.57. The van der Waals surface area contributed by atoms with Crippen molar-refractivity contribution in [1.82, 2.24) is 4.90 Å². The largest absolute Gasteiger partial charge is 0.480 e. The number of amides is 1. The summed E-state index contributed by atoms with van der Waals surface area (Å²) in [7, 11) is 0. The van der Waals surface area contributed by atoms with Gasteiger partial charge in [0, 0.05) is 15.7 Å². The molecule has 0 aliphatic heterocycles. The fourth-order valence-corrected chi connectivity index (χ4v) is 2.02. The van der Waals surface area contributed by atoms with E-state index in [9.17, 15) is 9.59 Å². The van der Waals surface area contributed by atoms with Crippen LogP contribution in [0.25, 0.3) is 0 Å². The topological polar surface area (TPSA) is 83.6 Å². The van der Waals surface area contributed by atoms with E-state index < -0.39 is 11.5 Å². The first-order chi connectivity index (χ1) is 8.62. The Morgan fingerprint density at radius 2 is 1.95 bits per heavy atom. The quantitative estimate of drug-likeness (QED) is 0.834. The van der Waals surface area contributed by atoms with Crippen LogP contribution in [0.3, 0.4) is 0 Å². The summed E-state index contributed by atoms with van der Waals surface area (Å²) in [5.41, 5.74) is 5.88. The van der Waals surface area contributed by atoms with Gasteiger partial charge in [-0.3, -0.25) is 9.59 Å². The second-order valence-corrected chi connectivity index (χ2v) is 6.05. The molecule has 1 aromatic carbocycles. The lowest BCUT2D eigenvalue weighted by atomic mass is 10.0. The number of anilines is 1. The summed E-state index contributed by atoms with van der Waals surface area (Å²) in [4.78, 5) is 24.7. The number of halogens is 1. The molecule has 0 unspecified atom stereocenters. The highest BCUT2D eigenvalue weighted by Gasteiger charge is 2.30. The third kappa shape index (κ3) is 3.96. The first-order valence-corrected chi connectivity index (χ1v) is 6.51. The molecule has 5 nitrogen and oxygen atoms in total. The number of carbonyl (C=O) groups excluding carboxylic acids is 1. The van der Waals surface area contributed by atoms with Crippen LogP contribution in [0.1, 0.15) is 31.1 Å². The molecular formula is C13H17BrN2O3. The number of hydrogen-bond acceptors (Lipinski definition) is 3. The molecule has 0 heterocycles. The van der Waals surface area contributed by atoms with Crippen molar-refractivity contribution in [2.45, 2.75) is 26.3 Å². The molecule has 1 amide bonds. The van der Waals surface area contributed by atoms with E-state index in [4.69, 9.17) is 10.8 Å². The van der Waals surface area contributed by atoms with Gasteiger partial charge in [0.2, 0.25) is 0 Å². The zero-order valence-corrected chi connectivity index (χ0v) is 12.7. The minimum absolute atomic E-state index is 0.358. The maximum Gasteiger partial charge on any atom is 0.323 e. The minimum atomic E-state index is -1.05. The molecule has 0 aliphatic rings. The first kappa shape index (κ1) is 15.5. The highest BCUT2D eigenvalue weighted by atomic mass is 79.9. The average Bonchev–Trinajstić information content (AvgIpc) is 2.26. The van der Waals surface area contributed by atoms with Crippen LogP contribution in [0, 0.1) is 0 Å². The lowest BCUT2D eigenvalue weighted by Crippen LogP contribution is -2.48. The number of nitrogen functional groups attached to an aromatic ring is 1. The lowest BCUT2D eigenvalue weighted by Gasteiger charge is -2.34. The zero-order valence-electron chi connectivity index (χ0n) is 11.1. The number of aliphatic carboxylic acids is 1. The van der Waals surface area contributed by atoms with Crippen LogP contribution in [0.4, 0.5) is 5.69 Å². The molecule has 0 aliphatic carbocycles. The summed E-state index contributed by atoms with van der Waals surface area (Å²) in [6, 6.07) is 4.87. The van der Waals surface area contributed by atoms with E-state index in [0.717, 1.165) is 0 Å². The molecule has 19 heavy (non-hydrogen) atoms. The second kappa shape index (κ2) is 5.61. The van der Waals surface area contributed by atoms with Crippen LogP contribution >= 0.6 is 15.9 Å². The second-order valence-electron chi connectivity index (χ2n) is 5.20. The van der Waals surface area contributed by atoms with Gasteiger partial charge in [-0.25, -0.2) is 0 Å². The Morgan fingerprint density at radius 3 is 2.42 bits per heavy atom. The number of nitrogens with zero attached hydrogens (tertiary/aromatic N) is 1. The predicted molar refractivity (Wildman–Crippen MR) is 77.0 cm³/mol. The van der Waals surface area contributed by atoms with Crippen molar-refractivity contribution in [2.75, 3.05) is 12.3 Å². The van der Waals surface area contributed by atoms with Crippen molar-refractivity contribution in [1.29, 1.82) is 0 Å². The smallest absolute Gasteiger partial charge is 0.323 e. The monoisotopic (exact) mass is 328 g/mol. The first-order valence-electron chi connectivity index (χ1n) is 5.71. The summed E-state index contributed by atoms with van der Waals surface area (Å²) < 4.78 is 0.589. The summed E-state index contributed by atoms with van der Waals surface area (Å²) in [5.74, 6) is -1.42. The van der Waals surface area contributed by atoms with Gasteiger partial charge in [-0.05, 0) is 54.9 Å². The Balaban J connectivity index is 3.19. The van der Waals surface area contributed by atoms with E-state index in [0.29, 0.717) is 15.7 Å². The van der Waals surface area contributed by atoms with Crippen LogP contribution < -0.4 is 5.73 Å². The molecule has 104 valence electrons. The van der Waals surface area contributed by atoms with Gasteiger partial charge in [0.15, 0.2) is 0 Å². The number of carboxylic acids is 1. The molecule has 0 atom stereocenters. The Labute approximate surface area is 120 Å². The van der Waals surface area contributed by atoms with Crippen molar-refractivity contribution >= 4 is 33.5 Å². The van der Waals surface area contributed by atoms with Gasteiger partial charge in [0.1, 0.15) is 6.54 Å². The van der Waals surface area contributed by atoms with Crippen molar-refractivity contribution in [2.24, 2.45) is 0 Å². The SMILES string of the molecule is CC(C)(C)N(CC(=O)O)C(=O)c1cc(N)ccc1Br. The molecule has 3 N–H and O–H groups in total. The van der Waals surface area contributed by atoms with E-state index >= 15 is 0 Å². The molecule has 1 rings (SSSR count). The lowest BCUT2D eigenvalue weighted by molar-refractivity contribution is -0.138. The molecule has 0 bridgehead atoms. The number of carbonyl (C=O) groups is 2. The van der Waals surface area contributed by atoms with Gasteiger partial charge in [0.25, 0.3) is 5.91 Å². The highest BCUT2D eigenvalue weighted by molar-refractivity contribution is 9.10. The molecule has 0 spiro atoms. The van der Waals surface area contributed by atoms with Crippen molar-refractivity contribution < 1.29 is 14.7 Å². The van der Waals surface area contributed by atoms with Crippen LogP contribution in [0.5, 0.6) is 0 Å². The predicted octanol–water partition coefficient (Wildman–Crippen LogP) is 2.36. The van der Waals surface area contributed by atoms with E-state index in [-0.39, 0.29) is 12.5 Å². The van der Waals surface area contributed by atoms with Gasteiger partial charge >= 0.3 is 5.97 Å². The summed E-state index contributed by atoms with van der Waals surface area (Å²) >= 11 is 3.28. The summed E-state index contributed by atoms with van der Waals surface area (Å²) in [6.07, 6.45) is 0. The van der Waals surface area contributed by atoms with Gasteiger partial charge in [-0.1, -0.05) is 0 Å². The summed E-state index contributed by atoms with van der Waals surface area (Å²) in [5, 5.41) is 8.94. The molecular weight excluding hydrogens is 312 g/mol. The van der Waals surface area contributed by atoms with E-state index in [1.165, 1.54) is 11.0 Å². The van der Waals surface area contributed by atoms with E-state index in [1.807, 2.05) is 0 Å². The van der Waals surface area contributed by atoms with Crippen LogP contribution in [0.15, 0.2) is 22.7 Å². The number of benzene rings is 1. The summed E-state index contributed by atoms with van der Waals surface area (Å²) in [6.45, 7) is 5.00. The molecule has 0 aromatic heterocycles. The molecule has 1 aromatic rings. The number of carboxylic acid groups (broad SMARTS) is 1. The number of hydrogen-bond donors (Lipinski definition) is 2. The van der Waals surface area contributed by atoms with Gasteiger partial charge < -0.3 is 15.7 Å². The highest BCUT2D eigenvalue weighted by Crippen LogP contribution is 2.24. The zero-order chi connectivity index (χ0) is 14.8. The molecule has 0 saturated heterocycles. The van der Waals surface area contributed by atoms with Crippen LogP contribution in [0.2, 0.25) is 0 Å². The normalized spacial score (nSPS) is 11.2. The van der Waals surface area contributed by atoms with Gasteiger partial charge in [-0.2, -0.15) is 0 Å². The Hall–Kier alpha value is -1.56. The Kier molecular flexibility index (Phi) is 4.57. The van der Waals surface area contributed by atoms with Crippen molar-refractivity contribution in [3.8, 4) is 0 Å². The minimum Gasteiger partial charge on any atom is -0.480 e. The van der Waals surface area contributed by atoms with Crippen molar-refractivity contribution in [3.63, 3.8) is 0 Å². The van der Waals surface area contributed by atoms with E-state index in [2.05, 4.69) is 15.9 Å².